The molecule has 3 heteroatoms. The molecule has 0 heterocycles. The van der Waals surface area contributed by atoms with Crippen LogP contribution in [-0.4, -0.2) is 22.3 Å². The van der Waals surface area contributed by atoms with E-state index in [9.17, 15) is 9.90 Å². The van der Waals surface area contributed by atoms with Crippen LogP contribution >= 0.6 is 0 Å². The van der Waals surface area contributed by atoms with Crippen molar-refractivity contribution in [2.75, 3.05) is 0 Å². The van der Waals surface area contributed by atoms with Gasteiger partial charge >= 0.3 is 5.97 Å². The second kappa shape index (κ2) is 29.9. The molecule has 3 nitrogen and oxygen atoms in total. The van der Waals surface area contributed by atoms with Gasteiger partial charge in [-0.1, -0.05) is 132 Å². The Balaban J connectivity index is 3.43. The second-order valence-corrected chi connectivity index (χ2v) is 9.63. The molecular weight excluding hydrogens is 456 g/mol. The summed E-state index contributed by atoms with van der Waals surface area (Å²) >= 11 is 0. The third-order valence-corrected chi connectivity index (χ3v) is 6.06. The van der Waals surface area contributed by atoms with E-state index in [1.165, 1.54) is 70.6 Å². The van der Waals surface area contributed by atoms with E-state index in [2.05, 4.69) is 61.3 Å². The van der Waals surface area contributed by atoms with Crippen LogP contribution in [0.2, 0.25) is 0 Å². The molecule has 0 aliphatic heterocycles. The van der Waals surface area contributed by atoms with Crippen LogP contribution in [0.15, 0.2) is 60.8 Å². The van der Waals surface area contributed by atoms with Gasteiger partial charge in [0.15, 0.2) is 0 Å². The SMILES string of the molecule is CC/C=C\C[C@H](O)/C=C/C#CC/C=C\C/C=C\C/C=C\CCCCCCCCCCCCCCC(=O)O. The number of unbranched alkanes of at least 4 members (excludes halogenated alkanes) is 12. The molecule has 0 rings (SSSR count). The second-order valence-electron chi connectivity index (χ2n) is 9.63. The lowest BCUT2D eigenvalue weighted by atomic mass is 10.0. The number of carbonyl (C=O) groups is 1. The Labute approximate surface area is 228 Å². The molecule has 1 atom stereocenters. The maximum absolute atomic E-state index is 10.4. The number of allylic oxidation sites excluding steroid dienone is 8. The maximum atomic E-state index is 10.4. The van der Waals surface area contributed by atoms with Crippen molar-refractivity contribution >= 4 is 5.97 Å². The van der Waals surface area contributed by atoms with Crippen molar-refractivity contribution in [2.24, 2.45) is 0 Å². The number of aliphatic carboxylic acids is 1. The van der Waals surface area contributed by atoms with Crippen molar-refractivity contribution in [3.63, 3.8) is 0 Å². The number of rotatable bonds is 24. The first-order chi connectivity index (χ1) is 18.2. The standard InChI is InChI=1S/C34H54O3/c1-2-3-27-30-33(35)31-28-25-23-21-19-17-15-13-11-9-7-5-4-6-8-10-12-14-16-18-20-22-24-26-29-32-34(36)37/h3,5,7,11,13,17,19,27-28,31,33,35H,2,4,6,8-10,12,14-16,18,20-22,24,26,29-30,32H2,1H3,(H,36,37)/b7-5-,13-11-,19-17-,27-3-,31-28+/t33-/m0/s1. The monoisotopic (exact) mass is 510 g/mol. The summed E-state index contributed by atoms with van der Waals surface area (Å²) in [5.74, 6) is 5.37. The zero-order valence-corrected chi connectivity index (χ0v) is 23.6. The number of hydrogen-bond donors (Lipinski definition) is 2. The molecule has 0 radical (unpaired) electrons. The predicted molar refractivity (Wildman–Crippen MR) is 161 cm³/mol. The van der Waals surface area contributed by atoms with Crippen molar-refractivity contribution in [3.8, 4) is 11.8 Å². The third-order valence-electron chi connectivity index (χ3n) is 6.06. The first-order valence-electron chi connectivity index (χ1n) is 14.8. The largest absolute Gasteiger partial charge is 0.481 e. The number of aliphatic hydroxyl groups is 1. The average molecular weight is 511 g/mol. The Morgan fingerprint density at radius 1 is 0.703 bits per heavy atom. The molecule has 208 valence electrons. The normalized spacial score (nSPS) is 12.9. The Bertz CT molecular complexity index is 715. The van der Waals surface area contributed by atoms with E-state index in [4.69, 9.17) is 5.11 Å². The summed E-state index contributed by atoms with van der Waals surface area (Å²) in [4.78, 5) is 10.4. The van der Waals surface area contributed by atoms with Crippen molar-refractivity contribution in [1.82, 2.24) is 0 Å². The molecule has 0 fully saturated rings. The van der Waals surface area contributed by atoms with Gasteiger partial charge in [-0.15, -0.1) is 0 Å². The van der Waals surface area contributed by atoms with Gasteiger partial charge < -0.3 is 10.2 Å². The van der Waals surface area contributed by atoms with E-state index in [1.54, 1.807) is 12.2 Å². The van der Waals surface area contributed by atoms with Crippen LogP contribution in [0.1, 0.15) is 129 Å². The fourth-order valence-corrected chi connectivity index (χ4v) is 3.87. The molecule has 0 amide bonds. The number of hydrogen-bond acceptors (Lipinski definition) is 2. The van der Waals surface area contributed by atoms with E-state index in [-0.39, 0.29) is 0 Å². The zero-order chi connectivity index (χ0) is 27.1. The quantitative estimate of drug-likeness (QED) is 0.0772. The van der Waals surface area contributed by atoms with E-state index in [0.29, 0.717) is 12.8 Å². The summed E-state index contributed by atoms with van der Waals surface area (Å²) in [5.41, 5.74) is 0. The van der Waals surface area contributed by atoms with E-state index in [0.717, 1.165) is 38.5 Å². The Hall–Kier alpha value is -2.31. The Kier molecular flexibility index (Phi) is 28.0. The van der Waals surface area contributed by atoms with Gasteiger partial charge in [0.05, 0.1) is 6.10 Å². The smallest absolute Gasteiger partial charge is 0.303 e. The molecule has 2 N–H and O–H groups in total. The van der Waals surface area contributed by atoms with Gasteiger partial charge in [0, 0.05) is 12.8 Å². The summed E-state index contributed by atoms with van der Waals surface area (Å²) in [6, 6.07) is 0. The van der Waals surface area contributed by atoms with Crippen LogP contribution in [0.5, 0.6) is 0 Å². The van der Waals surface area contributed by atoms with Crippen molar-refractivity contribution in [2.45, 2.75) is 135 Å². The van der Waals surface area contributed by atoms with Crippen LogP contribution in [0, 0.1) is 11.8 Å². The fraction of sp³-hybridized carbons (Fsp3) is 0.618. The average Bonchev–Trinajstić information content (AvgIpc) is 2.88. The fourth-order valence-electron chi connectivity index (χ4n) is 3.87. The Morgan fingerprint density at radius 3 is 1.84 bits per heavy atom. The lowest BCUT2D eigenvalue weighted by molar-refractivity contribution is -0.137. The van der Waals surface area contributed by atoms with Crippen molar-refractivity contribution < 1.29 is 15.0 Å². The molecule has 37 heavy (non-hydrogen) atoms. The summed E-state index contributed by atoms with van der Waals surface area (Å²) in [6.45, 7) is 2.08. The highest BCUT2D eigenvalue weighted by atomic mass is 16.4. The first kappa shape index (κ1) is 34.7. The first-order valence-corrected chi connectivity index (χ1v) is 14.8. The molecule has 0 aromatic rings. The summed E-state index contributed by atoms with van der Waals surface area (Å²) in [6.07, 6.45) is 41.3. The van der Waals surface area contributed by atoms with Crippen LogP contribution in [0.4, 0.5) is 0 Å². The molecular formula is C34H54O3. The van der Waals surface area contributed by atoms with Crippen LogP contribution in [-0.2, 0) is 4.79 Å². The lowest BCUT2D eigenvalue weighted by Gasteiger charge is -2.02. The van der Waals surface area contributed by atoms with Crippen LogP contribution in [0.25, 0.3) is 0 Å². The molecule has 0 unspecified atom stereocenters. The summed E-state index contributed by atoms with van der Waals surface area (Å²) in [7, 11) is 0. The molecule has 0 saturated carbocycles. The lowest BCUT2D eigenvalue weighted by Crippen LogP contribution is -1.98. The van der Waals surface area contributed by atoms with E-state index < -0.39 is 12.1 Å². The third kappa shape index (κ3) is 31.7. The summed E-state index contributed by atoms with van der Waals surface area (Å²) in [5, 5.41) is 18.3. The van der Waals surface area contributed by atoms with Gasteiger partial charge in [-0.25, -0.2) is 0 Å². The van der Waals surface area contributed by atoms with Gasteiger partial charge in [0.25, 0.3) is 0 Å². The minimum absolute atomic E-state index is 0.327. The van der Waals surface area contributed by atoms with Gasteiger partial charge in [0.2, 0.25) is 0 Å². The highest BCUT2D eigenvalue weighted by Gasteiger charge is 1.97. The molecule has 0 aromatic carbocycles. The molecule has 0 aromatic heterocycles. The van der Waals surface area contributed by atoms with Crippen LogP contribution in [0.3, 0.4) is 0 Å². The minimum Gasteiger partial charge on any atom is -0.481 e. The highest BCUT2D eigenvalue weighted by Crippen LogP contribution is 2.13. The molecule has 0 aliphatic carbocycles. The van der Waals surface area contributed by atoms with Crippen molar-refractivity contribution in [3.05, 3.63) is 60.8 Å². The van der Waals surface area contributed by atoms with Crippen molar-refractivity contribution in [1.29, 1.82) is 0 Å². The topological polar surface area (TPSA) is 57.5 Å². The molecule has 0 bridgehead atoms. The molecule has 0 spiro atoms. The number of aliphatic hydroxyl groups excluding tert-OH is 1. The zero-order valence-electron chi connectivity index (χ0n) is 23.6. The van der Waals surface area contributed by atoms with Gasteiger partial charge in [0.1, 0.15) is 0 Å². The maximum Gasteiger partial charge on any atom is 0.303 e. The Morgan fingerprint density at radius 2 is 1.24 bits per heavy atom. The predicted octanol–water partition coefficient (Wildman–Crippen LogP) is 9.65. The minimum atomic E-state index is -0.666. The highest BCUT2D eigenvalue weighted by molar-refractivity contribution is 5.66. The number of carboxylic acid groups (broad SMARTS) is 1. The van der Waals surface area contributed by atoms with Gasteiger partial charge in [-0.05, 0) is 57.1 Å². The van der Waals surface area contributed by atoms with Crippen LogP contribution < -0.4 is 0 Å². The van der Waals surface area contributed by atoms with Gasteiger partial charge in [-0.3, -0.25) is 4.79 Å². The van der Waals surface area contributed by atoms with E-state index in [1.807, 2.05) is 6.08 Å². The molecule has 0 saturated heterocycles. The number of carboxylic acids is 1. The van der Waals surface area contributed by atoms with E-state index >= 15 is 0 Å². The summed E-state index contributed by atoms with van der Waals surface area (Å²) < 4.78 is 0. The molecule has 0 aliphatic rings. The van der Waals surface area contributed by atoms with Gasteiger partial charge in [-0.2, -0.15) is 0 Å².